The summed E-state index contributed by atoms with van der Waals surface area (Å²) in [5.41, 5.74) is 0. The van der Waals surface area contributed by atoms with Gasteiger partial charge in [-0.15, -0.1) is 0 Å². The van der Waals surface area contributed by atoms with E-state index in [1.165, 1.54) is 50.3 Å². The number of thioether (sulfide) groups is 1. The van der Waals surface area contributed by atoms with Crippen molar-refractivity contribution < 1.29 is 0 Å². The summed E-state index contributed by atoms with van der Waals surface area (Å²) in [4.78, 5) is 2.44. The maximum absolute atomic E-state index is 3.84. The molecular weight excluding hydrogens is 192 g/mol. The van der Waals surface area contributed by atoms with Gasteiger partial charge in [-0.25, -0.2) is 0 Å². The van der Waals surface area contributed by atoms with E-state index in [4.69, 9.17) is 0 Å². The fourth-order valence-corrected chi connectivity index (χ4v) is 3.48. The summed E-state index contributed by atoms with van der Waals surface area (Å²) in [6, 6.07) is 1.63. The minimum absolute atomic E-state index is 0.805. The van der Waals surface area contributed by atoms with E-state index in [-0.39, 0.29) is 0 Å². The van der Waals surface area contributed by atoms with Gasteiger partial charge >= 0.3 is 0 Å². The fourth-order valence-electron chi connectivity index (χ4n) is 2.37. The van der Waals surface area contributed by atoms with E-state index in [0.717, 1.165) is 12.1 Å². The molecule has 3 heteroatoms. The van der Waals surface area contributed by atoms with Crippen LogP contribution in [0.4, 0.5) is 0 Å². The van der Waals surface area contributed by atoms with Crippen molar-refractivity contribution in [3.05, 3.63) is 0 Å². The fraction of sp³-hybridized carbons (Fsp3) is 1.00. The number of hydrogen-bond acceptors (Lipinski definition) is 3. The van der Waals surface area contributed by atoms with Crippen molar-refractivity contribution in [3.8, 4) is 0 Å². The molecule has 0 aromatic carbocycles. The average molecular weight is 214 g/mol. The Morgan fingerprint density at radius 2 is 1.57 bits per heavy atom. The Labute approximate surface area is 91.8 Å². The van der Waals surface area contributed by atoms with Gasteiger partial charge in [0.25, 0.3) is 0 Å². The van der Waals surface area contributed by atoms with Crippen LogP contribution >= 0.6 is 11.8 Å². The van der Waals surface area contributed by atoms with E-state index in [2.05, 4.69) is 29.0 Å². The summed E-state index contributed by atoms with van der Waals surface area (Å²) in [7, 11) is 2.23. The van der Waals surface area contributed by atoms with Gasteiger partial charge in [0.1, 0.15) is 0 Å². The zero-order chi connectivity index (χ0) is 9.80. The molecule has 0 bridgehead atoms. The molecule has 0 amide bonds. The molecule has 0 radical (unpaired) electrons. The highest BCUT2D eigenvalue weighted by atomic mass is 32.2. The Morgan fingerprint density at radius 1 is 1.00 bits per heavy atom. The number of piperidine rings is 1. The summed E-state index contributed by atoms with van der Waals surface area (Å²) < 4.78 is 0. The topological polar surface area (TPSA) is 15.3 Å². The first-order valence-electron chi connectivity index (χ1n) is 5.87. The lowest BCUT2D eigenvalue weighted by Gasteiger charge is -2.33. The molecule has 2 nitrogen and oxygen atoms in total. The van der Waals surface area contributed by atoms with E-state index in [1.807, 2.05) is 0 Å². The predicted molar refractivity (Wildman–Crippen MR) is 64.0 cm³/mol. The molecule has 2 fully saturated rings. The third-order valence-corrected chi connectivity index (χ3v) is 4.46. The van der Waals surface area contributed by atoms with E-state index in [1.54, 1.807) is 0 Å². The summed E-state index contributed by atoms with van der Waals surface area (Å²) in [6.45, 7) is 2.55. The number of rotatable bonds is 2. The quantitative estimate of drug-likeness (QED) is 0.751. The third kappa shape index (κ3) is 3.14. The highest BCUT2D eigenvalue weighted by Gasteiger charge is 2.21. The third-order valence-electron chi connectivity index (χ3n) is 3.41. The minimum Gasteiger partial charge on any atom is -0.311 e. The molecule has 0 saturated carbocycles. The van der Waals surface area contributed by atoms with Crippen molar-refractivity contribution in [1.29, 1.82) is 0 Å². The van der Waals surface area contributed by atoms with Crippen LogP contribution < -0.4 is 5.32 Å². The van der Waals surface area contributed by atoms with Crippen molar-refractivity contribution in [1.82, 2.24) is 10.2 Å². The monoisotopic (exact) mass is 214 g/mol. The number of nitrogens with zero attached hydrogens (tertiary/aromatic N) is 1. The SMILES string of the molecule is CN1CCC(NC2CCSCC2)CC1. The Balaban J connectivity index is 1.68. The van der Waals surface area contributed by atoms with Gasteiger partial charge < -0.3 is 10.2 Å². The first-order chi connectivity index (χ1) is 6.84. The van der Waals surface area contributed by atoms with Crippen LogP contribution in [0.1, 0.15) is 25.7 Å². The summed E-state index contributed by atoms with van der Waals surface area (Å²) in [5, 5.41) is 3.84. The van der Waals surface area contributed by atoms with Gasteiger partial charge in [0, 0.05) is 12.1 Å². The maximum Gasteiger partial charge on any atom is 0.00940 e. The zero-order valence-corrected chi connectivity index (χ0v) is 9.98. The minimum atomic E-state index is 0.805. The van der Waals surface area contributed by atoms with Gasteiger partial charge in [-0.2, -0.15) is 11.8 Å². The second-order valence-electron chi connectivity index (χ2n) is 4.63. The average Bonchev–Trinajstić information content (AvgIpc) is 2.23. The Kier molecular flexibility index (Phi) is 4.14. The highest BCUT2D eigenvalue weighted by Crippen LogP contribution is 2.19. The second kappa shape index (κ2) is 5.38. The van der Waals surface area contributed by atoms with Crippen molar-refractivity contribution in [2.24, 2.45) is 0 Å². The molecule has 2 heterocycles. The number of hydrogen-bond donors (Lipinski definition) is 1. The summed E-state index contributed by atoms with van der Waals surface area (Å²) >= 11 is 2.11. The van der Waals surface area contributed by atoms with E-state index < -0.39 is 0 Å². The van der Waals surface area contributed by atoms with Crippen molar-refractivity contribution in [3.63, 3.8) is 0 Å². The van der Waals surface area contributed by atoms with E-state index >= 15 is 0 Å². The molecule has 2 saturated heterocycles. The van der Waals surface area contributed by atoms with E-state index in [9.17, 15) is 0 Å². The van der Waals surface area contributed by atoms with Gasteiger partial charge in [0.2, 0.25) is 0 Å². The van der Waals surface area contributed by atoms with Crippen molar-refractivity contribution >= 4 is 11.8 Å². The lowest BCUT2D eigenvalue weighted by atomic mass is 10.0. The van der Waals surface area contributed by atoms with Gasteiger partial charge in [-0.3, -0.25) is 0 Å². The molecular formula is C11H22N2S. The lowest BCUT2D eigenvalue weighted by molar-refractivity contribution is 0.222. The molecule has 1 N–H and O–H groups in total. The molecule has 0 aromatic rings. The zero-order valence-electron chi connectivity index (χ0n) is 9.17. The van der Waals surface area contributed by atoms with Gasteiger partial charge in [0.05, 0.1) is 0 Å². The maximum atomic E-state index is 3.84. The van der Waals surface area contributed by atoms with Crippen LogP contribution in [-0.2, 0) is 0 Å². The van der Waals surface area contributed by atoms with E-state index in [0.29, 0.717) is 0 Å². The molecule has 2 aliphatic rings. The molecule has 0 atom stereocenters. The molecule has 0 unspecified atom stereocenters. The molecule has 0 aliphatic carbocycles. The van der Waals surface area contributed by atoms with Crippen LogP contribution in [-0.4, -0.2) is 48.6 Å². The number of nitrogens with one attached hydrogen (secondary N) is 1. The van der Waals surface area contributed by atoms with Crippen LogP contribution in [0.25, 0.3) is 0 Å². The first-order valence-corrected chi connectivity index (χ1v) is 7.02. The standard InChI is InChI=1S/C11H22N2S/c1-13-6-2-10(3-7-13)12-11-4-8-14-9-5-11/h10-12H,2-9H2,1H3. The normalized spacial score (nSPS) is 28.1. The highest BCUT2D eigenvalue weighted by molar-refractivity contribution is 7.99. The molecule has 2 aliphatic heterocycles. The summed E-state index contributed by atoms with van der Waals surface area (Å²) in [5.74, 6) is 2.73. The predicted octanol–water partition coefficient (Wildman–Crippen LogP) is 1.57. The lowest BCUT2D eigenvalue weighted by Crippen LogP contribution is -2.46. The molecule has 0 aromatic heterocycles. The first kappa shape index (κ1) is 10.8. The van der Waals surface area contributed by atoms with Gasteiger partial charge in [0.15, 0.2) is 0 Å². The van der Waals surface area contributed by atoms with Crippen molar-refractivity contribution in [2.45, 2.75) is 37.8 Å². The van der Waals surface area contributed by atoms with Crippen LogP contribution in [0.15, 0.2) is 0 Å². The Morgan fingerprint density at radius 3 is 2.21 bits per heavy atom. The molecule has 82 valence electrons. The van der Waals surface area contributed by atoms with Crippen LogP contribution in [0.3, 0.4) is 0 Å². The second-order valence-corrected chi connectivity index (χ2v) is 5.86. The number of likely N-dealkylation sites (tertiary alicyclic amines) is 1. The Bertz CT molecular complexity index is 161. The van der Waals surface area contributed by atoms with Crippen LogP contribution in [0, 0.1) is 0 Å². The largest absolute Gasteiger partial charge is 0.311 e. The van der Waals surface area contributed by atoms with Gasteiger partial charge in [-0.1, -0.05) is 0 Å². The smallest absolute Gasteiger partial charge is 0.00940 e. The summed E-state index contributed by atoms with van der Waals surface area (Å²) in [6.07, 6.45) is 5.47. The van der Waals surface area contributed by atoms with Crippen molar-refractivity contribution in [2.75, 3.05) is 31.6 Å². The molecule has 14 heavy (non-hydrogen) atoms. The van der Waals surface area contributed by atoms with Crippen LogP contribution in [0.2, 0.25) is 0 Å². The van der Waals surface area contributed by atoms with Crippen LogP contribution in [0.5, 0.6) is 0 Å². The molecule has 0 spiro atoms. The Hall–Kier alpha value is 0.270. The van der Waals surface area contributed by atoms with Gasteiger partial charge in [-0.05, 0) is 57.3 Å². The molecule has 2 rings (SSSR count).